The summed E-state index contributed by atoms with van der Waals surface area (Å²) in [6.45, 7) is 4.17. The van der Waals surface area contributed by atoms with Gasteiger partial charge in [-0.3, -0.25) is 4.79 Å². The molecule has 1 amide bonds. The number of rotatable bonds is 5. The van der Waals surface area contributed by atoms with Crippen molar-refractivity contribution in [2.24, 2.45) is 0 Å². The second kappa shape index (κ2) is 7.34. The van der Waals surface area contributed by atoms with Crippen LogP contribution in [0, 0.1) is 5.82 Å². The van der Waals surface area contributed by atoms with Crippen LogP contribution in [-0.2, 0) is 4.79 Å². The zero-order valence-corrected chi connectivity index (χ0v) is 16.7. The molecule has 1 saturated heterocycles. The Labute approximate surface area is 170 Å². The lowest BCUT2D eigenvalue weighted by molar-refractivity contribution is -0.117. The van der Waals surface area contributed by atoms with Gasteiger partial charge in [-0.05, 0) is 48.7 Å². The Morgan fingerprint density at radius 1 is 1.17 bits per heavy atom. The summed E-state index contributed by atoms with van der Waals surface area (Å²) in [4.78, 5) is 19.1. The van der Waals surface area contributed by atoms with Crippen molar-refractivity contribution in [1.82, 2.24) is 4.90 Å². The number of carbonyl (C=O) groups is 1. The molecule has 3 aliphatic rings. The highest BCUT2D eigenvalue weighted by Crippen LogP contribution is 2.50. The third kappa shape index (κ3) is 3.25. The summed E-state index contributed by atoms with van der Waals surface area (Å²) in [6.07, 6.45) is 2.02. The normalized spacial score (nSPS) is 23.2. The van der Waals surface area contributed by atoms with Crippen molar-refractivity contribution < 1.29 is 13.9 Å². The molecule has 1 fully saturated rings. The largest absolute Gasteiger partial charge is 0.494 e. The number of hydrogen-bond donors (Lipinski definition) is 0. The fourth-order valence-corrected chi connectivity index (χ4v) is 5.08. The van der Waals surface area contributed by atoms with E-state index in [0.29, 0.717) is 30.9 Å². The number of nitrogens with zero attached hydrogens (tertiary/aromatic N) is 3. The number of para-hydroxylation sites is 1. The fourth-order valence-electron chi connectivity index (χ4n) is 5.08. The van der Waals surface area contributed by atoms with Crippen molar-refractivity contribution >= 4 is 17.3 Å². The van der Waals surface area contributed by atoms with E-state index in [9.17, 15) is 9.18 Å². The minimum Gasteiger partial charge on any atom is -0.494 e. The second-order valence-electron chi connectivity index (χ2n) is 8.21. The van der Waals surface area contributed by atoms with Gasteiger partial charge in [0, 0.05) is 38.6 Å². The first-order chi connectivity index (χ1) is 14.1. The molecule has 5 nitrogen and oxygen atoms in total. The summed E-state index contributed by atoms with van der Waals surface area (Å²) in [6, 6.07) is 13.0. The van der Waals surface area contributed by atoms with Crippen molar-refractivity contribution in [3.05, 3.63) is 53.8 Å². The lowest BCUT2D eigenvalue weighted by atomic mass is 9.89. The molecule has 0 unspecified atom stereocenters. The summed E-state index contributed by atoms with van der Waals surface area (Å²) in [7, 11) is 1.88. The smallest absolute Gasteiger partial charge is 0.246 e. The number of likely N-dealkylation sites (N-methyl/N-ethyl adjacent to an activating group) is 1. The number of likely N-dealkylation sites (tertiary alicyclic amines) is 1. The topological polar surface area (TPSA) is 36.0 Å². The lowest BCUT2D eigenvalue weighted by Gasteiger charge is -2.40. The maximum Gasteiger partial charge on any atom is 0.246 e. The van der Waals surface area contributed by atoms with Crippen molar-refractivity contribution in [2.75, 3.05) is 49.6 Å². The van der Waals surface area contributed by atoms with E-state index in [0.717, 1.165) is 38.2 Å². The molecular formula is C23H26FN3O2. The van der Waals surface area contributed by atoms with Crippen LogP contribution in [0.25, 0.3) is 0 Å². The third-order valence-electron chi connectivity index (χ3n) is 6.54. The van der Waals surface area contributed by atoms with E-state index >= 15 is 0 Å². The number of benzene rings is 2. The van der Waals surface area contributed by atoms with Crippen LogP contribution in [0.2, 0.25) is 0 Å². The number of ether oxygens (including phenoxy) is 1. The molecular weight excluding hydrogens is 369 g/mol. The summed E-state index contributed by atoms with van der Waals surface area (Å²) in [5, 5.41) is 0. The van der Waals surface area contributed by atoms with E-state index in [-0.39, 0.29) is 11.7 Å². The number of anilines is 2. The van der Waals surface area contributed by atoms with Gasteiger partial charge in [-0.2, -0.15) is 0 Å². The molecule has 5 rings (SSSR count). The van der Waals surface area contributed by atoms with Crippen LogP contribution < -0.4 is 14.5 Å². The molecule has 0 saturated carbocycles. The highest BCUT2D eigenvalue weighted by molar-refractivity contribution is 6.04. The van der Waals surface area contributed by atoms with Gasteiger partial charge in [-0.25, -0.2) is 4.39 Å². The number of piperidine rings is 1. The summed E-state index contributed by atoms with van der Waals surface area (Å²) >= 11 is 0. The maximum absolute atomic E-state index is 13.0. The fraction of sp³-hybridized carbons (Fsp3) is 0.435. The van der Waals surface area contributed by atoms with Gasteiger partial charge in [0.15, 0.2) is 0 Å². The summed E-state index contributed by atoms with van der Waals surface area (Å²) < 4.78 is 18.7. The van der Waals surface area contributed by atoms with Crippen LogP contribution in [0.15, 0.2) is 42.5 Å². The number of hydrogen-bond acceptors (Lipinski definition) is 4. The van der Waals surface area contributed by atoms with Gasteiger partial charge < -0.3 is 19.4 Å². The SMILES string of the molecule is CN1C(=O)CN2c3c(cccc31)[C@@H]1CN(CCCOc3ccc(F)cc3)CC[C@@H]12. The highest BCUT2D eigenvalue weighted by atomic mass is 19.1. The van der Waals surface area contributed by atoms with Crippen molar-refractivity contribution in [3.63, 3.8) is 0 Å². The average molecular weight is 395 g/mol. The highest BCUT2D eigenvalue weighted by Gasteiger charge is 2.46. The minimum atomic E-state index is -0.244. The molecule has 3 heterocycles. The Hall–Kier alpha value is -2.60. The van der Waals surface area contributed by atoms with Crippen LogP contribution in [0.4, 0.5) is 15.8 Å². The quantitative estimate of drug-likeness (QED) is 0.729. The molecule has 0 spiro atoms. The van der Waals surface area contributed by atoms with Gasteiger partial charge in [0.2, 0.25) is 5.91 Å². The zero-order chi connectivity index (χ0) is 20.0. The molecule has 0 aliphatic carbocycles. The summed E-state index contributed by atoms with van der Waals surface area (Å²) in [5.74, 6) is 1.10. The van der Waals surface area contributed by atoms with Crippen molar-refractivity contribution in [2.45, 2.75) is 24.8 Å². The van der Waals surface area contributed by atoms with Gasteiger partial charge in [0.25, 0.3) is 0 Å². The number of amides is 1. The van der Waals surface area contributed by atoms with Crippen LogP contribution in [0.1, 0.15) is 24.3 Å². The molecule has 29 heavy (non-hydrogen) atoms. The van der Waals surface area contributed by atoms with Crippen molar-refractivity contribution in [3.8, 4) is 5.75 Å². The van der Waals surface area contributed by atoms with E-state index in [1.807, 2.05) is 7.05 Å². The molecule has 0 N–H and O–H groups in total. The molecule has 2 aromatic rings. The molecule has 2 atom stereocenters. The van der Waals surface area contributed by atoms with Crippen LogP contribution in [0.3, 0.4) is 0 Å². The molecule has 152 valence electrons. The predicted octanol–water partition coefficient (Wildman–Crippen LogP) is 3.25. The van der Waals surface area contributed by atoms with E-state index in [1.165, 1.54) is 23.4 Å². The first kappa shape index (κ1) is 18.4. The van der Waals surface area contributed by atoms with Gasteiger partial charge >= 0.3 is 0 Å². The van der Waals surface area contributed by atoms with Gasteiger partial charge in [-0.1, -0.05) is 12.1 Å². The molecule has 0 radical (unpaired) electrons. The van der Waals surface area contributed by atoms with Crippen molar-refractivity contribution in [1.29, 1.82) is 0 Å². The number of carbonyl (C=O) groups excluding carboxylic acids is 1. The van der Waals surface area contributed by atoms with Crippen LogP contribution >= 0.6 is 0 Å². The van der Waals surface area contributed by atoms with Crippen LogP contribution in [-0.4, -0.2) is 56.7 Å². The lowest BCUT2D eigenvalue weighted by Crippen LogP contribution is -2.51. The molecule has 0 bridgehead atoms. The van der Waals surface area contributed by atoms with E-state index in [2.05, 4.69) is 28.0 Å². The minimum absolute atomic E-state index is 0.177. The van der Waals surface area contributed by atoms with E-state index in [1.54, 1.807) is 17.0 Å². The Morgan fingerprint density at radius 2 is 2.00 bits per heavy atom. The summed E-state index contributed by atoms with van der Waals surface area (Å²) in [5.41, 5.74) is 3.71. The molecule has 2 aromatic carbocycles. The predicted molar refractivity (Wildman–Crippen MR) is 111 cm³/mol. The molecule has 0 aromatic heterocycles. The van der Waals surface area contributed by atoms with Gasteiger partial charge in [-0.15, -0.1) is 0 Å². The van der Waals surface area contributed by atoms with E-state index in [4.69, 9.17) is 4.74 Å². The van der Waals surface area contributed by atoms with Gasteiger partial charge in [0.05, 0.1) is 24.5 Å². The monoisotopic (exact) mass is 395 g/mol. The van der Waals surface area contributed by atoms with Crippen LogP contribution in [0.5, 0.6) is 5.75 Å². The average Bonchev–Trinajstić information content (AvgIpc) is 3.05. The second-order valence-corrected chi connectivity index (χ2v) is 8.21. The zero-order valence-electron chi connectivity index (χ0n) is 16.7. The standard InChI is InChI=1S/C23H26FN3O2/c1-25-21-5-2-4-18-19-14-26(11-3-13-29-17-8-6-16(24)7-9-17)12-10-20(19)27(23(18)21)15-22(25)28/h2,4-9,19-20H,3,10-15H2,1H3/t19-,20-/m0/s1. The Kier molecular flexibility index (Phi) is 4.66. The molecule has 3 aliphatic heterocycles. The number of fused-ring (bicyclic) bond motifs is 3. The Morgan fingerprint density at radius 3 is 2.83 bits per heavy atom. The molecule has 6 heteroatoms. The third-order valence-corrected chi connectivity index (χ3v) is 6.54. The van der Waals surface area contributed by atoms with Gasteiger partial charge in [0.1, 0.15) is 11.6 Å². The Balaban J connectivity index is 1.22. The first-order valence-electron chi connectivity index (χ1n) is 10.4. The first-order valence-corrected chi connectivity index (χ1v) is 10.4. The Bertz CT molecular complexity index is 917. The maximum atomic E-state index is 13.0. The number of halogens is 1. The van der Waals surface area contributed by atoms with E-state index < -0.39 is 0 Å².